The number of ether oxygens (including phenoxy) is 2. The summed E-state index contributed by atoms with van der Waals surface area (Å²) in [6.07, 6.45) is 5.20. The Balaban J connectivity index is 1.19. The van der Waals surface area contributed by atoms with Crippen LogP contribution in [-0.2, 0) is 0 Å². The summed E-state index contributed by atoms with van der Waals surface area (Å²) in [7, 11) is 3.75. The number of likely N-dealkylation sites (tertiary alicyclic amines) is 1. The van der Waals surface area contributed by atoms with E-state index in [2.05, 4.69) is 37.5 Å². The van der Waals surface area contributed by atoms with E-state index >= 15 is 4.39 Å². The topological polar surface area (TPSA) is 87.7 Å². The number of alkyl halides is 2. The zero-order valence-corrected chi connectivity index (χ0v) is 24.1. The summed E-state index contributed by atoms with van der Waals surface area (Å²) in [6, 6.07) is 11.7. The van der Waals surface area contributed by atoms with E-state index in [1.54, 1.807) is 36.3 Å². The van der Waals surface area contributed by atoms with E-state index < -0.39 is 18.3 Å². The fourth-order valence-electron chi connectivity index (χ4n) is 5.56. The van der Waals surface area contributed by atoms with E-state index in [-0.39, 0.29) is 17.9 Å². The zero-order chi connectivity index (χ0) is 30.0. The SMILES string of the molecule is COc1cc2ncnc(Nc3ccc(Oc4ccnc(N5CCCC(F)(F)C5)c4)cc3F)c2cc1NC1CCN(C)CC1. The third kappa shape index (κ3) is 6.69. The molecule has 12 heteroatoms. The van der Waals surface area contributed by atoms with Crippen molar-refractivity contribution in [3.05, 3.63) is 60.8 Å². The molecule has 0 radical (unpaired) electrons. The second-order valence-corrected chi connectivity index (χ2v) is 11.1. The molecule has 0 atom stereocenters. The van der Waals surface area contributed by atoms with Crippen molar-refractivity contribution >= 4 is 33.9 Å². The van der Waals surface area contributed by atoms with E-state index in [4.69, 9.17) is 9.47 Å². The number of methoxy groups -OCH3 is 1. The molecule has 2 fully saturated rings. The van der Waals surface area contributed by atoms with Gasteiger partial charge in [0.1, 0.15) is 41.0 Å². The molecule has 2 N–H and O–H groups in total. The molecule has 0 unspecified atom stereocenters. The fraction of sp³-hybridized carbons (Fsp3) is 0.387. The number of rotatable bonds is 8. The summed E-state index contributed by atoms with van der Waals surface area (Å²) >= 11 is 0. The Bertz CT molecular complexity index is 1600. The molecule has 2 saturated heterocycles. The molecular weight excluding hydrogens is 559 g/mol. The van der Waals surface area contributed by atoms with Crippen molar-refractivity contribution in [3.8, 4) is 17.2 Å². The zero-order valence-electron chi connectivity index (χ0n) is 24.1. The summed E-state index contributed by atoms with van der Waals surface area (Å²) in [5.74, 6) is -1.15. The average Bonchev–Trinajstić information content (AvgIpc) is 2.99. The van der Waals surface area contributed by atoms with Gasteiger partial charge >= 0.3 is 0 Å². The normalized spacial score (nSPS) is 17.6. The van der Waals surface area contributed by atoms with Gasteiger partial charge in [-0.05, 0) is 63.7 Å². The molecule has 0 spiro atoms. The number of nitrogens with one attached hydrogen (secondary N) is 2. The molecule has 0 bridgehead atoms. The Morgan fingerprint density at radius 3 is 2.53 bits per heavy atom. The van der Waals surface area contributed by atoms with Gasteiger partial charge in [-0.1, -0.05) is 0 Å². The molecule has 4 aromatic rings. The predicted molar refractivity (Wildman–Crippen MR) is 161 cm³/mol. The molecule has 6 rings (SSSR count). The van der Waals surface area contributed by atoms with Crippen molar-refractivity contribution in [2.24, 2.45) is 0 Å². The van der Waals surface area contributed by atoms with E-state index in [0.29, 0.717) is 53.0 Å². The van der Waals surface area contributed by atoms with Crippen molar-refractivity contribution in [1.29, 1.82) is 0 Å². The van der Waals surface area contributed by atoms with Crippen molar-refractivity contribution in [2.75, 3.05) is 55.9 Å². The van der Waals surface area contributed by atoms with Gasteiger partial charge in [-0.3, -0.25) is 0 Å². The van der Waals surface area contributed by atoms with Crippen LogP contribution in [0.1, 0.15) is 25.7 Å². The summed E-state index contributed by atoms with van der Waals surface area (Å²) in [5, 5.41) is 7.41. The standard InChI is InChI=1S/C31H34F3N7O2/c1-40-12-7-20(8-13-40)38-27-16-23-26(17-28(27)42-2)36-19-37-30(23)39-25-5-4-21(14-24(25)32)43-22-6-10-35-29(15-22)41-11-3-9-31(33,34)18-41/h4-6,10,14-17,19-20,38H,3,7-9,11-13,18H2,1-2H3,(H,36,37,39). The molecule has 2 aliphatic rings. The molecule has 0 saturated carbocycles. The minimum atomic E-state index is -2.76. The van der Waals surface area contributed by atoms with E-state index in [1.807, 2.05) is 12.1 Å². The maximum Gasteiger partial charge on any atom is 0.265 e. The lowest BCUT2D eigenvalue weighted by Crippen LogP contribution is -2.43. The highest BCUT2D eigenvalue weighted by molar-refractivity contribution is 5.95. The molecular formula is C31H34F3N7O2. The van der Waals surface area contributed by atoms with Gasteiger partial charge in [-0.15, -0.1) is 0 Å². The Kier molecular flexibility index (Phi) is 8.11. The average molecular weight is 594 g/mol. The minimum Gasteiger partial charge on any atom is -0.495 e. The Labute approximate surface area is 248 Å². The van der Waals surface area contributed by atoms with Gasteiger partial charge in [0.15, 0.2) is 0 Å². The van der Waals surface area contributed by atoms with Gasteiger partial charge in [0.25, 0.3) is 5.92 Å². The lowest BCUT2D eigenvalue weighted by molar-refractivity contribution is -0.0118. The third-order valence-corrected chi connectivity index (χ3v) is 7.90. The van der Waals surface area contributed by atoms with Gasteiger partial charge < -0.3 is 29.9 Å². The first-order chi connectivity index (χ1) is 20.8. The largest absolute Gasteiger partial charge is 0.495 e. The smallest absolute Gasteiger partial charge is 0.265 e. The number of pyridine rings is 1. The summed E-state index contributed by atoms with van der Waals surface area (Å²) in [4.78, 5) is 16.9. The van der Waals surface area contributed by atoms with Crippen molar-refractivity contribution in [3.63, 3.8) is 0 Å². The van der Waals surface area contributed by atoms with E-state index in [0.717, 1.165) is 31.6 Å². The van der Waals surface area contributed by atoms with Gasteiger partial charge in [0.05, 0.1) is 30.5 Å². The molecule has 226 valence electrons. The summed E-state index contributed by atoms with van der Waals surface area (Å²) in [6.45, 7) is 2.13. The molecule has 4 heterocycles. The van der Waals surface area contributed by atoms with Crippen LogP contribution in [0.3, 0.4) is 0 Å². The molecule has 43 heavy (non-hydrogen) atoms. The van der Waals surface area contributed by atoms with Crippen molar-refractivity contribution in [2.45, 2.75) is 37.6 Å². The van der Waals surface area contributed by atoms with Crippen LogP contribution in [0.4, 0.5) is 36.2 Å². The monoisotopic (exact) mass is 593 g/mol. The molecule has 2 aromatic heterocycles. The first-order valence-corrected chi connectivity index (χ1v) is 14.4. The van der Waals surface area contributed by atoms with Crippen LogP contribution < -0.4 is 25.0 Å². The third-order valence-electron chi connectivity index (χ3n) is 7.90. The number of benzene rings is 2. The highest BCUT2D eigenvalue weighted by atomic mass is 19.3. The molecule has 0 aliphatic carbocycles. The maximum absolute atomic E-state index is 15.3. The van der Waals surface area contributed by atoms with Crippen molar-refractivity contribution < 1.29 is 22.6 Å². The predicted octanol–water partition coefficient (Wildman–Crippen LogP) is 6.45. The lowest BCUT2D eigenvalue weighted by atomic mass is 10.0. The highest BCUT2D eigenvalue weighted by Crippen LogP contribution is 2.36. The number of hydrogen-bond acceptors (Lipinski definition) is 9. The van der Waals surface area contributed by atoms with Crippen LogP contribution >= 0.6 is 0 Å². The van der Waals surface area contributed by atoms with Crippen LogP contribution in [0.25, 0.3) is 10.9 Å². The van der Waals surface area contributed by atoms with E-state index in [1.165, 1.54) is 18.6 Å². The van der Waals surface area contributed by atoms with Crippen LogP contribution in [-0.4, -0.2) is 72.2 Å². The molecule has 2 aliphatic heterocycles. The maximum atomic E-state index is 15.3. The second kappa shape index (κ2) is 12.1. The van der Waals surface area contributed by atoms with E-state index in [9.17, 15) is 8.78 Å². The highest BCUT2D eigenvalue weighted by Gasteiger charge is 2.35. The quantitative estimate of drug-likeness (QED) is 0.239. The van der Waals surface area contributed by atoms with Crippen LogP contribution in [0, 0.1) is 5.82 Å². The molecule has 9 nitrogen and oxygen atoms in total. The van der Waals surface area contributed by atoms with Crippen LogP contribution in [0.15, 0.2) is 55.0 Å². The number of fused-ring (bicyclic) bond motifs is 1. The Morgan fingerprint density at radius 1 is 0.953 bits per heavy atom. The van der Waals surface area contributed by atoms with Crippen LogP contribution in [0.5, 0.6) is 17.2 Å². The van der Waals surface area contributed by atoms with Gasteiger partial charge in [-0.2, -0.15) is 0 Å². The summed E-state index contributed by atoms with van der Waals surface area (Å²) < 4.78 is 54.6. The number of nitrogens with zero attached hydrogens (tertiary/aromatic N) is 5. The van der Waals surface area contributed by atoms with Gasteiger partial charge in [-0.25, -0.2) is 28.1 Å². The minimum absolute atomic E-state index is 0.130. The Morgan fingerprint density at radius 2 is 1.77 bits per heavy atom. The number of aromatic nitrogens is 3. The van der Waals surface area contributed by atoms with Gasteiger partial charge in [0, 0.05) is 48.8 Å². The number of hydrogen-bond donors (Lipinski definition) is 2. The first-order valence-electron chi connectivity index (χ1n) is 14.4. The second-order valence-electron chi connectivity index (χ2n) is 11.1. The first kappa shape index (κ1) is 28.8. The van der Waals surface area contributed by atoms with Crippen molar-refractivity contribution in [1.82, 2.24) is 19.9 Å². The molecule has 2 aromatic carbocycles. The molecule has 0 amide bonds. The number of halogens is 3. The lowest BCUT2D eigenvalue weighted by Gasteiger charge is -2.33. The summed E-state index contributed by atoms with van der Waals surface area (Å²) in [5.41, 5.74) is 1.69. The number of piperidine rings is 2. The Hall–Kier alpha value is -4.32. The number of anilines is 4. The van der Waals surface area contributed by atoms with Crippen LogP contribution in [0.2, 0.25) is 0 Å². The fourth-order valence-corrected chi connectivity index (χ4v) is 5.56. The van der Waals surface area contributed by atoms with Gasteiger partial charge in [0.2, 0.25) is 0 Å².